The number of hydrogen-bond donors (Lipinski definition) is 1. The molecule has 5 heteroatoms. The highest BCUT2D eigenvalue weighted by Crippen LogP contribution is 2.12. The van der Waals surface area contributed by atoms with Gasteiger partial charge < -0.3 is 14.5 Å². The van der Waals surface area contributed by atoms with Gasteiger partial charge in [-0.2, -0.15) is 0 Å². The Labute approximate surface area is 101 Å². The van der Waals surface area contributed by atoms with Gasteiger partial charge in [0.1, 0.15) is 5.82 Å². The Morgan fingerprint density at radius 3 is 2.76 bits per heavy atom. The van der Waals surface area contributed by atoms with E-state index in [0.29, 0.717) is 6.04 Å². The van der Waals surface area contributed by atoms with Crippen LogP contribution in [0.15, 0.2) is 18.5 Å². The van der Waals surface area contributed by atoms with Gasteiger partial charge in [-0.25, -0.2) is 0 Å². The van der Waals surface area contributed by atoms with Crippen LogP contribution in [0.5, 0.6) is 0 Å². The van der Waals surface area contributed by atoms with Crippen LogP contribution in [-0.2, 0) is 13.6 Å². The normalized spacial score (nSPS) is 12.9. The van der Waals surface area contributed by atoms with Crippen LogP contribution in [0, 0.1) is 6.92 Å². The zero-order chi connectivity index (χ0) is 12.4. The summed E-state index contributed by atoms with van der Waals surface area (Å²) in [7, 11) is 3.96. The molecule has 0 radical (unpaired) electrons. The molecular formula is C12H19N5. The van der Waals surface area contributed by atoms with Gasteiger partial charge in [0.2, 0.25) is 0 Å². The zero-order valence-corrected chi connectivity index (χ0v) is 10.8. The van der Waals surface area contributed by atoms with Crippen LogP contribution in [0.3, 0.4) is 0 Å². The maximum Gasteiger partial charge on any atom is 0.152 e. The van der Waals surface area contributed by atoms with Crippen LogP contribution in [-0.4, -0.2) is 26.4 Å². The molecule has 0 fully saturated rings. The standard InChI is InChI=1S/C12H19N5/c1-9(13-3)11-5-6-17(7-11)8-12-15-14-10(2)16(12)4/h5-7,9,13H,8H2,1-4H3. The maximum absolute atomic E-state index is 4.16. The Hall–Kier alpha value is -1.62. The number of aromatic nitrogens is 4. The summed E-state index contributed by atoms with van der Waals surface area (Å²) in [5.41, 5.74) is 1.28. The average molecular weight is 233 g/mol. The molecular weight excluding hydrogens is 214 g/mol. The summed E-state index contributed by atoms with van der Waals surface area (Å²) < 4.78 is 4.15. The van der Waals surface area contributed by atoms with Crippen molar-refractivity contribution in [2.24, 2.45) is 7.05 Å². The van der Waals surface area contributed by atoms with Gasteiger partial charge in [0.05, 0.1) is 6.54 Å². The van der Waals surface area contributed by atoms with Crippen molar-refractivity contribution in [3.05, 3.63) is 35.7 Å². The molecule has 2 aromatic rings. The Balaban J connectivity index is 2.14. The topological polar surface area (TPSA) is 47.7 Å². The largest absolute Gasteiger partial charge is 0.346 e. The smallest absolute Gasteiger partial charge is 0.152 e. The molecule has 2 rings (SSSR count). The summed E-state index contributed by atoms with van der Waals surface area (Å²) in [6, 6.07) is 2.50. The molecule has 0 aliphatic carbocycles. The third-order valence-electron chi connectivity index (χ3n) is 3.21. The molecule has 17 heavy (non-hydrogen) atoms. The van der Waals surface area contributed by atoms with E-state index in [1.807, 2.05) is 25.6 Å². The van der Waals surface area contributed by atoms with Gasteiger partial charge in [0, 0.05) is 25.5 Å². The molecule has 0 saturated heterocycles. The van der Waals surface area contributed by atoms with Gasteiger partial charge in [-0.05, 0) is 32.5 Å². The Bertz CT molecular complexity index is 497. The Kier molecular flexibility index (Phi) is 3.28. The molecule has 0 aromatic carbocycles. The lowest BCUT2D eigenvalue weighted by Crippen LogP contribution is -2.11. The van der Waals surface area contributed by atoms with E-state index >= 15 is 0 Å². The van der Waals surface area contributed by atoms with Gasteiger partial charge in [0.15, 0.2) is 5.82 Å². The highest BCUT2D eigenvalue weighted by atomic mass is 15.3. The summed E-state index contributed by atoms with van der Waals surface area (Å²) in [4.78, 5) is 0. The monoisotopic (exact) mass is 233 g/mol. The molecule has 2 heterocycles. The Morgan fingerprint density at radius 2 is 2.18 bits per heavy atom. The average Bonchev–Trinajstić information content (AvgIpc) is 2.91. The summed E-state index contributed by atoms with van der Waals surface area (Å²) in [5.74, 6) is 1.91. The van der Waals surface area contributed by atoms with Gasteiger partial charge in [-0.3, -0.25) is 0 Å². The molecule has 92 valence electrons. The molecule has 0 aliphatic heterocycles. The predicted molar refractivity (Wildman–Crippen MR) is 66.7 cm³/mol. The first kappa shape index (κ1) is 11.9. The highest BCUT2D eigenvalue weighted by Gasteiger charge is 2.08. The second-order valence-electron chi connectivity index (χ2n) is 4.35. The highest BCUT2D eigenvalue weighted by molar-refractivity contribution is 5.15. The van der Waals surface area contributed by atoms with E-state index in [0.717, 1.165) is 18.2 Å². The van der Waals surface area contributed by atoms with Gasteiger partial charge in [-0.15, -0.1) is 10.2 Å². The van der Waals surface area contributed by atoms with E-state index in [1.165, 1.54) is 5.56 Å². The summed E-state index contributed by atoms with van der Waals surface area (Å²) in [6.07, 6.45) is 4.22. The van der Waals surface area contributed by atoms with Crippen LogP contribution in [0.25, 0.3) is 0 Å². The van der Waals surface area contributed by atoms with E-state index in [-0.39, 0.29) is 0 Å². The van der Waals surface area contributed by atoms with Crippen molar-refractivity contribution in [2.45, 2.75) is 26.4 Å². The third-order valence-corrected chi connectivity index (χ3v) is 3.21. The van der Waals surface area contributed by atoms with Gasteiger partial charge >= 0.3 is 0 Å². The van der Waals surface area contributed by atoms with Crippen molar-refractivity contribution in [2.75, 3.05) is 7.05 Å². The number of rotatable bonds is 4. The molecule has 5 nitrogen and oxygen atoms in total. The lowest BCUT2D eigenvalue weighted by atomic mass is 10.2. The number of nitrogens with zero attached hydrogens (tertiary/aromatic N) is 4. The van der Waals surface area contributed by atoms with E-state index in [2.05, 4.69) is 45.5 Å². The van der Waals surface area contributed by atoms with E-state index in [4.69, 9.17) is 0 Å². The molecule has 1 unspecified atom stereocenters. The van der Waals surface area contributed by atoms with Gasteiger partial charge in [-0.1, -0.05) is 0 Å². The third kappa shape index (κ3) is 2.39. The maximum atomic E-state index is 4.16. The van der Waals surface area contributed by atoms with E-state index in [9.17, 15) is 0 Å². The predicted octanol–water partition coefficient (Wildman–Crippen LogP) is 1.25. The Morgan fingerprint density at radius 1 is 1.41 bits per heavy atom. The number of nitrogens with one attached hydrogen (secondary N) is 1. The van der Waals surface area contributed by atoms with Crippen molar-refractivity contribution in [1.29, 1.82) is 0 Å². The molecule has 1 N–H and O–H groups in total. The first-order valence-electron chi connectivity index (χ1n) is 5.79. The fourth-order valence-electron chi connectivity index (χ4n) is 1.73. The molecule has 0 spiro atoms. The SMILES string of the molecule is CNC(C)c1ccn(Cc2nnc(C)n2C)c1. The molecule has 0 aliphatic rings. The minimum absolute atomic E-state index is 0.373. The zero-order valence-electron chi connectivity index (χ0n) is 10.8. The minimum Gasteiger partial charge on any atom is -0.346 e. The molecule has 0 bridgehead atoms. The fraction of sp³-hybridized carbons (Fsp3) is 0.500. The second-order valence-corrected chi connectivity index (χ2v) is 4.35. The lowest BCUT2D eigenvalue weighted by Gasteiger charge is -2.07. The number of hydrogen-bond acceptors (Lipinski definition) is 3. The first-order valence-corrected chi connectivity index (χ1v) is 5.79. The van der Waals surface area contributed by atoms with Crippen LogP contribution in [0.1, 0.15) is 30.2 Å². The summed E-state index contributed by atoms with van der Waals surface area (Å²) in [5, 5.41) is 11.4. The van der Waals surface area contributed by atoms with Crippen LogP contribution >= 0.6 is 0 Å². The molecule has 0 amide bonds. The van der Waals surface area contributed by atoms with Crippen molar-refractivity contribution in [3.8, 4) is 0 Å². The first-order chi connectivity index (χ1) is 8.11. The lowest BCUT2D eigenvalue weighted by molar-refractivity contribution is 0.644. The summed E-state index contributed by atoms with van der Waals surface area (Å²) in [6.45, 7) is 4.86. The molecule has 2 aromatic heterocycles. The molecule has 0 saturated carbocycles. The summed E-state index contributed by atoms with van der Waals surface area (Å²) >= 11 is 0. The van der Waals surface area contributed by atoms with Crippen molar-refractivity contribution in [3.63, 3.8) is 0 Å². The quantitative estimate of drug-likeness (QED) is 0.864. The van der Waals surface area contributed by atoms with Crippen molar-refractivity contribution >= 4 is 0 Å². The minimum atomic E-state index is 0.373. The second kappa shape index (κ2) is 4.71. The van der Waals surface area contributed by atoms with E-state index in [1.54, 1.807) is 0 Å². The number of aryl methyl sites for hydroxylation is 1. The van der Waals surface area contributed by atoms with Crippen LogP contribution in [0.2, 0.25) is 0 Å². The van der Waals surface area contributed by atoms with E-state index < -0.39 is 0 Å². The van der Waals surface area contributed by atoms with Crippen LogP contribution < -0.4 is 5.32 Å². The van der Waals surface area contributed by atoms with Crippen LogP contribution in [0.4, 0.5) is 0 Å². The van der Waals surface area contributed by atoms with Gasteiger partial charge in [0.25, 0.3) is 0 Å². The van der Waals surface area contributed by atoms with Crippen molar-refractivity contribution < 1.29 is 0 Å². The fourth-order valence-corrected chi connectivity index (χ4v) is 1.73. The van der Waals surface area contributed by atoms with Crippen molar-refractivity contribution in [1.82, 2.24) is 24.6 Å². The molecule has 1 atom stereocenters.